The van der Waals surface area contributed by atoms with Gasteiger partial charge >= 0.3 is 0 Å². The van der Waals surface area contributed by atoms with Crippen molar-refractivity contribution < 1.29 is 22.7 Å². The summed E-state index contributed by atoms with van der Waals surface area (Å²) in [6, 6.07) is 10.7. The monoisotopic (exact) mass is 569 g/mol. The Labute approximate surface area is 228 Å². The van der Waals surface area contributed by atoms with Gasteiger partial charge in [0.05, 0.1) is 29.1 Å². The predicted molar refractivity (Wildman–Crippen MR) is 147 cm³/mol. The number of hydrogen-bond acceptors (Lipinski definition) is 5. The largest absolute Gasteiger partial charge is 0.495 e. The fourth-order valence-electron chi connectivity index (χ4n) is 4.42. The van der Waals surface area contributed by atoms with E-state index in [-0.39, 0.29) is 24.2 Å². The molecule has 11 heteroatoms. The van der Waals surface area contributed by atoms with Crippen LogP contribution in [0.15, 0.2) is 42.5 Å². The molecule has 2 aromatic carbocycles. The number of methoxy groups -OCH3 is 1. The van der Waals surface area contributed by atoms with Crippen LogP contribution in [0, 0.1) is 0 Å². The zero-order chi connectivity index (χ0) is 27.2. The first-order chi connectivity index (χ1) is 17.5. The van der Waals surface area contributed by atoms with Crippen molar-refractivity contribution >= 4 is 50.7 Å². The molecule has 0 aromatic heterocycles. The molecule has 0 radical (unpaired) electrons. The molecule has 8 nitrogen and oxygen atoms in total. The van der Waals surface area contributed by atoms with E-state index < -0.39 is 28.5 Å². The SMILES string of the molecule is COc1ccccc1N(CC(=O)N(Cc1ccc(Cl)c(Cl)c1)[C@@H](C)C(=O)NC1CCCCC1)S(C)(=O)=O. The number of nitrogens with zero attached hydrogens (tertiary/aromatic N) is 2. The van der Waals surface area contributed by atoms with Crippen molar-refractivity contribution in [2.75, 3.05) is 24.2 Å². The summed E-state index contributed by atoms with van der Waals surface area (Å²) < 4.78 is 31.8. The second kappa shape index (κ2) is 12.8. The molecule has 2 amide bonds. The number of sulfonamides is 1. The van der Waals surface area contributed by atoms with E-state index >= 15 is 0 Å². The van der Waals surface area contributed by atoms with E-state index in [9.17, 15) is 18.0 Å². The summed E-state index contributed by atoms with van der Waals surface area (Å²) in [6.45, 7) is 1.17. The molecule has 0 unspecified atom stereocenters. The van der Waals surface area contributed by atoms with Crippen molar-refractivity contribution in [2.45, 2.75) is 57.7 Å². The summed E-state index contributed by atoms with van der Waals surface area (Å²) in [4.78, 5) is 28.3. The molecule has 1 saturated carbocycles. The van der Waals surface area contributed by atoms with E-state index in [2.05, 4.69) is 5.32 Å². The van der Waals surface area contributed by atoms with E-state index in [1.807, 2.05) is 0 Å². The van der Waals surface area contributed by atoms with Gasteiger partial charge in [0, 0.05) is 12.6 Å². The molecule has 0 bridgehead atoms. The molecule has 1 aliphatic carbocycles. The van der Waals surface area contributed by atoms with Gasteiger partial charge < -0.3 is 15.0 Å². The Balaban J connectivity index is 1.91. The lowest BCUT2D eigenvalue weighted by molar-refractivity contribution is -0.139. The lowest BCUT2D eigenvalue weighted by Gasteiger charge is -2.33. The van der Waals surface area contributed by atoms with Gasteiger partial charge in [-0.2, -0.15) is 0 Å². The first-order valence-electron chi connectivity index (χ1n) is 12.2. The Kier molecular flexibility index (Phi) is 10.1. The second-order valence-corrected chi connectivity index (χ2v) is 12.0. The normalized spacial score (nSPS) is 15.1. The highest BCUT2D eigenvalue weighted by Crippen LogP contribution is 2.30. The fraction of sp³-hybridized carbons (Fsp3) is 0.462. The highest BCUT2D eigenvalue weighted by Gasteiger charge is 2.32. The van der Waals surface area contributed by atoms with Crippen molar-refractivity contribution in [1.82, 2.24) is 10.2 Å². The van der Waals surface area contributed by atoms with Crippen LogP contribution in [0.1, 0.15) is 44.6 Å². The zero-order valence-corrected chi connectivity index (χ0v) is 23.6. The predicted octanol–water partition coefficient (Wildman–Crippen LogP) is 4.63. The van der Waals surface area contributed by atoms with Crippen molar-refractivity contribution in [3.05, 3.63) is 58.1 Å². The van der Waals surface area contributed by atoms with Crippen LogP contribution in [0.2, 0.25) is 10.0 Å². The number of anilines is 1. The van der Waals surface area contributed by atoms with Gasteiger partial charge in [0.25, 0.3) is 0 Å². The number of hydrogen-bond donors (Lipinski definition) is 1. The number of benzene rings is 2. The molecule has 202 valence electrons. The second-order valence-electron chi connectivity index (χ2n) is 9.23. The number of rotatable bonds is 10. The molecule has 0 heterocycles. The molecule has 1 atom stereocenters. The van der Waals surface area contributed by atoms with Gasteiger partial charge in [-0.05, 0) is 49.6 Å². The minimum atomic E-state index is -3.87. The Morgan fingerprint density at radius 3 is 2.38 bits per heavy atom. The summed E-state index contributed by atoms with van der Waals surface area (Å²) >= 11 is 12.2. The standard InChI is InChI=1S/C26H33Cl2N3O5S/c1-18(26(33)29-20-9-5-4-6-10-20)30(16-19-13-14-21(27)22(28)15-19)25(32)17-31(37(3,34)35)23-11-7-8-12-24(23)36-2/h7-8,11-15,18,20H,4-6,9-10,16-17H2,1-3H3,(H,29,33)/t18-/m0/s1. The summed E-state index contributed by atoms with van der Waals surface area (Å²) in [5.41, 5.74) is 0.887. The number of halogens is 2. The van der Waals surface area contributed by atoms with Gasteiger partial charge in [-0.15, -0.1) is 0 Å². The van der Waals surface area contributed by atoms with Crippen LogP contribution in [0.5, 0.6) is 5.75 Å². The number of carbonyl (C=O) groups excluding carboxylic acids is 2. The average Bonchev–Trinajstić information content (AvgIpc) is 2.87. The van der Waals surface area contributed by atoms with Crippen LogP contribution in [-0.4, -0.2) is 57.1 Å². The molecule has 1 N–H and O–H groups in total. The Morgan fingerprint density at radius 1 is 1.08 bits per heavy atom. The Morgan fingerprint density at radius 2 is 1.76 bits per heavy atom. The van der Waals surface area contributed by atoms with Gasteiger partial charge in [0.2, 0.25) is 21.8 Å². The first kappa shape index (κ1) is 29.1. The van der Waals surface area contributed by atoms with E-state index in [1.54, 1.807) is 49.4 Å². The highest BCUT2D eigenvalue weighted by molar-refractivity contribution is 7.92. The molecule has 2 aromatic rings. The third kappa shape index (κ3) is 7.75. The number of para-hydroxylation sites is 2. The summed E-state index contributed by atoms with van der Waals surface area (Å²) in [7, 11) is -2.44. The molecule has 1 fully saturated rings. The Bertz CT molecular complexity index is 1220. The minimum absolute atomic E-state index is 0.0402. The molecule has 37 heavy (non-hydrogen) atoms. The lowest BCUT2D eigenvalue weighted by Crippen LogP contribution is -2.53. The third-order valence-corrected chi connectivity index (χ3v) is 8.35. The van der Waals surface area contributed by atoms with Gasteiger partial charge in [0.1, 0.15) is 18.3 Å². The molecule has 3 rings (SSSR count). The maximum atomic E-state index is 13.7. The van der Waals surface area contributed by atoms with Gasteiger partial charge in [-0.25, -0.2) is 8.42 Å². The van der Waals surface area contributed by atoms with Crippen LogP contribution in [0.25, 0.3) is 0 Å². The lowest BCUT2D eigenvalue weighted by atomic mass is 9.95. The quantitative estimate of drug-likeness (QED) is 0.449. The molecule has 1 aliphatic rings. The number of nitrogens with one attached hydrogen (secondary N) is 1. The maximum Gasteiger partial charge on any atom is 0.244 e. The third-order valence-electron chi connectivity index (χ3n) is 6.49. The van der Waals surface area contributed by atoms with Crippen LogP contribution >= 0.6 is 23.2 Å². The topological polar surface area (TPSA) is 96.0 Å². The molecule has 0 saturated heterocycles. The summed E-state index contributed by atoms with van der Waals surface area (Å²) in [6.07, 6.45) is 6.06. The van der Waals surface area contributed by atoms with Crippen molar-refractivity contribution in [2.24, 2.45) is 0 Å². The minimum Gasteiger partial charge on any atom is -0.495 e. The van der Waals surface area contributed by atoms with Crippen LogP contribution < -0.4 is 14.4 Å². The highest BCUT2D eigenvalue weighted by atomic mass is 35.5. The smallest absolute Gasteiger partial charge is 0.244 e. The number of ether oxygens (including phenoxy) is 1. The van der Waals surface area contributed by atoms with E-state index in [0.29, 0.717) is 21.4 Å². The number of carbonyl (C=O) groups is 2. The first-order valence-corrected chi connectivity index (χ1v) is 14.8. The molecular weight excluding hydrogens is 537 g/mol. The van der Waals surface area contributed by atoms with Crippen LogP contribution in [0.4, 0.5) is 5.69 Å². The van der Waals surface area contributed by atoms with Gasteiger partial charge in [-0.1, -0.05) is 60.7 Å². The van der Waals surface area contributed by atoms with Crippen molar-refractivity contribution in [3.8, 4) is 5.75 Å². The van der Waals surface area contributed by atoms with Crippen LogP contribution in [-0.2, 0) is 26.2 Å². The Hall–Kier alpha value is -2.49. The average molecular weight is 571 g/mol. The number of amides is 2. The zero-order valence-electron chi connectivity index (χ0n) is 21.2. The van der Waals surface area contributed by atoms with Crippen molar-refractivity contribution in [1.29, 1.82) is 0 Å². The molecule has 0 aliphatic heterocycles. The van der Waals surface area contributed by atoms with Gasteiger partial charge in [-0.3, -0.25) is 13.9 Å². The maximum absolute atomic E-state index is 13.7. The van der Waals surface area contributed by atoms with Crippen LogP contribution in [0.3, 0.4) is 0 Å². The summed E-state index contributed by atoms with van der Waals surface area (Å²) in [5.74, 6) is -0.531. The van der Waals surface area contributed by atoms with E-state index in [0.717, 1.165) is 42.7 Å². The summed E-state index contributed by atoms with van der Waals surface area (Å²) in [5, 5.41) is 3.75. The molecular formula is C26H33Cl2N3O5S. The van der Waals surface area contributed by atoms with Crippen molar-refractivity contribution in [3.63, 3.8) is 0 Å². The van der Waals surface area contributed by atoms with Gasteiger partial charge in [0.15, 0.2) is 0 Å². The van der Waals surface area contributed by atoms with E-state index in [4.69, 9.17) is 27.9 Å². The fourth-order valence-corrected chi connectivity index (χ4v) is 5.59. The molecule has 0 spiro atoms. The van der Waals surface area contributed by atoms with E-state index in [1.165, 1.54) is 12.0 Å².